The fourth-order valence-electron chi connectivity index (χ4n) is 3.41. The Morgan fingerprint density at radius 3 is 1.72 bits per heavy atom. The summed E-state index contributed by atoms with van der Waals surface area (Å²) >= 11 is 0. The van der Waals surface area contributed by atoms with Crippen molar-refractivity contribution in [2.24, 2.45) is 0 Å². The predicted molar refractivity (Wildman–Crippen MR) is 104 cm³/mol. The monoisotopic (exact) mass is 398 g/mol. The lowest BCUT2D eigenvalue weighted by atomic mass is 9.96. The number of hydrogen-bond donors (Lipinski definition) is 0. The van der Waals surface area contributed by atoms with E-state index in [2.05, 4.69) is 13.0 Å². The highest BCUT2D eigenvalue weighted by Crippen LogP contribution is 2.33. The normalized spacial score (nSPS) is 11.2. The average Bonchev–Trinajstić information content (AvgIpc) is 2.70. The maximum Gasteiger partial charge on any atom is 0.194 e. The Balaban J connectivity index is 1.80. The number of rotatable bonds is 3. The van der Waals surface area contributed by atoms with Crippen LogP contribution in [-0.2, 0) is 6.42 Å². The minimum atomic E-state index is -1.69. The molecule has 0 nitrogen and oxygen atoms in total. The Morgan fingerprint density at radius 1 is 0.552 bits per heavy atom. The molecule has 0 N–H and O–H groups in total. The Kier molecular flexibility index (Phi) is 4.82. The van der Waals surface area contributed by atoms with Crippen LogP contribution >= 0.6 is 0 Å². The van der Waals surface area contributed by atoms with Gasteiger partial charge in [0, 0.05) is 0 Å². The van der Waals surface area contributed by atoms with E-state index in [9.17, 15) is 22.0 Å². The molecule has 29 heavy (non-hydrogen) atoms. The highest BCUT2D eigenvalue weighted by Gasteiger charge is 2.18. The maximum absolute atomic E-state index is 14.7. The summed E-state index contributed by atoms with van der Waals surface area (Å²) < 4.78 is 69.5. The second-order valence-corrected chi connectivity index (χ2v) is 6.82. The second kappa shape index (κ2) is 7.32. The van der Waals surface area contributed by atoms with E-state index in [0.717, 1.165) is 29.3 Å². The molecule has 5 heteroatoms. The smallest absolute Gasteiger partial charge is 0.194 e. The Labute approximate surface area is 164 Å². The largest absolute Gasteiger partial charge is 0.206 e. The summed E-state index contributed by atoms with van der Waals surface area (Å²) in [5, 5.41) is 1.94. The fraction of sp³-hybridized carbons (Fsp3) is 0.0833. The molecule has 0 unspecified atom stereocenters. The molecule has 0 saturated carbocycles. The molecule has 0 bridgehead atoms. The first-order valence-electron chi connectivity index (χ1n) is 9.04. The maximum atomic E-state index is 14.7. The number of benzene rings is 4. The molecule has 4 aromatic rings. The third kappa shape index (κ3) is 3.48. The van der Waals surface area contributed by atoms with Crippen LogP contribution in [0.1, 0.15) is 12.5 Å². The molecule has 0 aliphatic heterocycles. The molecular weight excluding hydrogens is 383 g/mol. The summed E-state index contributed by atoms with van der Waals surface area (Å²) in [6.07, 6.45) is 0.903. The van der Waals surface area contributed by atoms with E-state index >= 15 is 0 Å². The van der Waals surface area contributed by atoms with Gasteiger partial charge in [0.05, 0.1) is 5.56 Å². The Hall–Kier alpha value is -3.21. The zero-order valence-electron chi connectivity index (χ0n) is 15.4. The van der Waals surface area contributed by atoms with Gasteiger partial charge in [0.2, 0.25) is 0 Å². The van der Waals surface area contributed by atoms with Crippen molar-refractivity contribution in [3.63, 3.8) is 0 Å². The van der Waals surface area contributed by atoms with Gasteiger partial charge in [-0.3, -0.25) is 0 Å². The topological polar surface area (TPSA) is 0 Å². The van der Waals surface area contributed by atoms with Crippen molar-refractivity contribution in [1.29, 1.82) is 0 Å². The van der Waals surface area contributed by atoms with Gasteiger partial charge < -0.3 is 0 Å². The number of aryl methyl sites for hydroxylation is 1. The minimum Gasteiger partial charge on any atom is -0.206 e. The number of hydrogen-bond acceptors (Lipinski definition) is 0. The van der Waals surface area contributed by atoms with Gasteiger partial charge in [-0.2, -0.15) is 0 Å². The molecule has 0 fully saturated rings. The van der Waals surface area contributed by atoms with Gasteiger partial charge in [-0.15, -0.1) is 0 Å². The molecular formula is C24H15F5. The molecule has 4 aromatic carbocycles. The van der Waals surface area contributed by atoms with Crippen LogP contribution in [0.4, 0.5) is 22.0 Å². The zero-order valence-corrected chi connectivity index (χ0v) is 15.4. The zero-order chi connectivity index (χ0) is 20.7. The SMILES string of the molecule is CCc1ccc2cc(-c3cc(F)c(-c4cc(F)c(F)c(F)c4)c(F)c3)ccc2c1. The van der Waals surface area contributed by atoms with Gasteiger partial charge in [-0.1, -0.05) is 37.3 Å². The summed E-state index contributed by atoms with van der Waals surface area (Å²) in [5.41, 5.74) is 1.05. The third-order valence-electron chi connectivity index (χ3n) is 4.96. The fourth-order valence-corrected chi connectivity index (χ4v) is 3.41. The van der Waals surface area contributed by atoms with Crippen LogP contribution in [0.3, 0.4) is 0 Å². The van der Waals surface area contributed by atoms with Crippen molar-refractivity contribution < 1.29 is 22.0 Å². The van der Waals surface area contributed by atoms with Gasteiger partial charge in [0.1, 0.15) is 11.6 Å². The van der Waals surface area contributed by atoms with Crippen molar-refractivity contribution >= 4 is 10.8 Å². The lowest BCUT2D eigenvalue weighted by Crippen LogP contribution is -1.97. The van der Waals surface area contributed by atoms with Crippen molar-refractivity contribution in [2.75, 3.05) is 0 Å². The predicted octanol–water partition coefficient (Wildman–Crippen LogP) is 7.43. The van der Waals surface area contributed by atoms with Crippen LogP contribution in [-0.4, -0.2) is 0 Å². The first kappa shape index (κ1) is 19.1. The summed E-state index contributed by atoms with van der Waals surface area (Å²) in [6.45, 7) is 2.06. The molecule has 146 valence electrons. The molecule has 0 amide bonds. The summed E-state index contributed by atoms with van der Waals surface area (Å²) in [4.78, 5) is 0. The van der Waals surface area contributed by atoms with E-state index < -0.39 is 40.2 Å². The van der Waals surface area contributed by atoms with Crippen LogP contribution in [0, 0.1) is 29.1 Å². The number of halogens is 5. The molecule has 0 atom stereocenters. The molecule has 0 saturated heterocycles. The van der Waals surface area contributed by atoms with Gasteiger partial charge >= 0.3 is 0 Å². The molecule has 0 spiro atoms. The minimum absolute atomic E-state index is 0.285. The molecule has 0 aliphatic rings. The average molecular weight is 398 g/mol. The Morgan fingerprint density at radius 2 is 1.10 bits per heavy atom. The van der Waals surface area contributed by atoms with Crippen molar-refractivity contribution in [2.45, 2.75) is 13.3 Å². The van der Waals surface area contributed by atoms with Crippen LogP contribution in [0.25, 0.3) is 33.0 Å². The summed E-state index contributed by atoms with van der Waals surface area (Å²) in [5.74, 6) is -6.69. The lowest BCUT2D eigenvalue weighted by Gasteiger charge is -2.11. The van der Waals surface area contributed by atoms with Crippen molar-refractivity contribution in [3.8, 4) is 22.3 Å². The van der Waals surface area contributed by atoms with Gasteiger partial charge in [0.15, 0.2) is 17.5 Å². The second-order valence-electron chi connectivity index (χ2n) is 6.82. The number of fused-ring (bicyclic) bond motifs is 1. The first-order chi connectivity index (χ1) is 13.9. The van der Waals surface area contributed by atoms with E-state index in [-0.39, 0.29) is 5.56 Å². The molecule has 4 rings (SSSR count). The van der Waals surface area contributed by atoms with Crippen molar-refractivity contribution in [3.05, 3.63) is 95.3 Å². The van der Waals surface area contributed by atoms with E-state index in [0.29, 0.717) is 17.7 Å². The third-order valence-corrected chi connectivity index (χ3v) is 4.96. The summed E-state index contributed by atoms with van der Waals surface area (Å²) in [7, 11) is 0. The first-order valence-corrected chi connectivity index (χ1v) is 9.04. The van der Waals surface area contributed by atoms with Crippen LogP contribution < -0.4 is 0 Å². The quantitative estimate of drug-likeness (QED) is 0.249. The standard InChI is InChI=1S/C24H15F5/c1-2-13-3-4-15-8-16(6-5-14(15)7-13)17-9-19(25)23(20(26)10-17)18-11-21(27)24(29)22(28)12-18/h3-12H,2H2,1H3. The highest BCUT2D eigenvalue weighted by molar-refractivity contribution is 5.88. The molecule has 0 radical (unpaired) electrons. The van der Waals surface area contributed by atoms with Gasteiger partial charge in [-0.25, -0.2) is 22.0 Å². The Bertz CT molecular complexity index is 1200. The van der Waals surface area contributed by atoms with E-state index in [1.165, 1.54) is 5.56 Å². The van der Waals surface area contributed by atoms with Crippen LogP contribution in [0.2, 0.25) is 0 Å². The van der Waals surface area contributed by atoms with Crippen LogP contribution in [0.5, 0.6) is 0 Å². The molecule has 0 aliphatic carbocycles. The highest BCUT2D eigenvalue weighted by atomic mass is 19.2. The molecule has 0 heterocycles. The van der Waals surface area contributed by atoms with E-state index in [1.807, 2.05) is 24.3 Å². The lowest BCUT2D eigenvalue weighted by molar-refractivity contribution is 0.447. The van der Waals surface area contributed by atoms with E-state index in [4.69, 9.17) is 0 Å². The molecule has 0 aromatic heterocycles. The van der Waals surface area contributed by atoms with Gasteiger partial charge in [-0.05, 0) is 69.8 Å². The van der Waals surface area contributed by atoms with Crippen molar-refractivity contribution in [1.82, 2.24) is 0 Å². The van der Waals surface area contributed by atoms with Gasteiger partial charge in [0.25, 0.3) is 0 Å². The van der Waals surface area contributed by atoms with Crippen LogP contribution in [0.15, 0.2) is 60.7 Å². The van der Waals surface area contributed by atoms with E-state index in [1.54, 1.807) is 6.07 Å². The summed E-state index contributed by atoms with van der Waals surface area (Å²) in [6, 6.07) is 14.8.